The van der Waals surface area contributed by atoms with Gasteiger partial charge in [-0.3, -0.25) is 9.78 Å². The summed E-state index contributed by atoms with van der Waals surface area (Å²) in [7, 11) is 0. The third kappa shape index (κ3) is 3.44. The number of piperidine rings is 1. The minimum absolute atomic E-state index is 0.0995. The molecule has 3 nitrogen and oxygen atoms in total. The molecular weight excluding hydrogens is 348 g/mol. The first-order valence-electron chi connectivity index (χ1n) is 8.61. The zero-order chi connectivity index (χ0) is 17.2. The minimum Gasteiger partial charge on any atom is -0.339 e. The number of amides is 1. The molecule has 0 radical (unpaired) electrons. The van der Waals surface area contributed by atoms with Crippen LogP contribution in [0.15, 0.2) is 53.0 Å². The first-order valence-corrected chi connectivity index (χ1v) is 9.87. The molecule has 0 aliphatic carbocycles. The van der Waals surface area contributed by atoms with E-state index in [0.717, 1.165) is 52.2 Å². The fourth-order valence-corrected chi connectivity index (χ4v) is 4.99. The second-order valence-corrected chi connectivity index (χ2v) is 8.38. The van der Waals surface area contributed by atoms with Gasteiger partial charge in [0.1, 0.15) is 0 Å². The number of rotatable bonds is 3. The summed E-state index contributed by atoms with van der Waals surface area (Å²) in [6.07, 6.45) is 6.76. The molecule has 5 heteroatoms. The summed E-state index contributed by atoms with van der Waals surface area (Å²) in [4.78, 5) is 19.2. The second kappa shape index (κ2) is 7.18. The lowest BCUT2D eigenvalue weighted by atomic mass is 9.90. The van der Waals surface area contributed by atoms with E-state index in [2.05, 4.69) is 47.9 Å². The van der Waals surface area contributed by atoms with Crippen molar-refractivity contribution < 1.29 is 4.79 Å². The summed E-state index contributed by atoms with van der Waals surface area (Å²) >= 11 is 6.09. The Labute approximate surface area is 157 Å². The van der Waals surface area contributed by atoms with Gasteiger partial charge in [-0.2, -0.15) is 0 Å². The van der Waals surface area contributed by atoms with E-state index in [1.54, 1.807) is 23.7 Å². The Bertz CT molecular complexity index is 883. The van der Waals surface area contributed by atoms with Crippen LogP contribution in [0, 0.1) is 5.92 Å². The van der Waals surface area contributed by atoms with Gasteiger partial charge < -0.3 is 4.90 Å². The van der Waals surface area contributed by atoms with E-state index in [1.807, 2.05) is 11.0 Å². The maximum absolute atomic E-state index is 13.0. The molecule has 0 saturated carbocycles. The molecule has 3 heterocycles. The summed E-state index contributed by atoms with van der Waals surface area (Å²) in [6.45, 7) is 1.64. The van der Waals surface area contributed by atoms with E-state index in [1.165, 1.54) is 5.56 Å². The third-order valence-electron chi connectivity index (χ3n) is 4.95. The number of carbonyl (C=O) groups is 1. The molecule has 1 aliphatic heterocycles. The average molecular weight is 369 g/mol. The van der Waals surface area contributed by atoms with Crippen molar-refractivity contribution in [3.63, 3.8) is 0 Å². The van der Waals surface area contributed by atoms with Crippen molar-refractivity contribution in [2.45, 2.75) is 23.5 Å². The molecule has 1 amide bonds. The standard InChI is InChI=1S/C20H20N2OS2/c23-19(18-16-13-21-9-6-17(16)25-20(18)24)22-10-7-15(8-11-22)12-14-4-2-1-3-5-14/h1-6,9,13,15,24H,7-8,10-12H2. The molecule has 4 rings (SSSR count). The quantitative estimate of drug-likeness (QED) is 0.681. The fourth-order valence-electron chi connectivity index (χ4n) is 3.58. The van der Waals surface area contributed by atoms with Crippen molar-refractivity contribution in [1.82, 2.24) is 9.88 Å². The van der Waals surface area contributed by atoms with Crippen molar-refractivity contribution in [2.75, 3.05) is 13.1 Å². The van der Waals surface area contributed by atoms with Crippen LogP contribution in [0.5, 0.6) is 0 Å². The van der Waals surface area contributed by atoms with Crippen LogP contribution in [0.1, 0.15) is 28.8 Å². The molecule has 1 saturated heterocycles. The number of pyridine rings is 1. The van der Waals surface area contributed by atoms with Gasteiger partial charge in [-0.25, -0.2) is 0 Å². The van der Waals surface area contributed by atoms with Crippen LogP contribution in [0.25, 0.3) is 10.1 Å². The van der Waals surface area contributed by atoms with Gasteiger partial charge in [0, 0.05) is 35.6 Å². The lowest BCUT2D eigenvalue weighted by Gasteiger charge is -2.32. The smallest absolute Gasteiger partial charge is 0.256 e. The van der Waals surface area contributed by atoms with Crippen molar-refractivity contribution in [3.8, 4) is 0 Å². The van der Waals surface area contributed by atoms with E-state index in [0.29, 0.717) is 5.92 Å². The number of carbonyl (C=O) groups excluding carboxylic acids is 1. The number of hydrogen-bond acceptors (Lipinski definition) is 4. The Balaban J connectivity index is 1.45. The maximum atomic E-state index is 13.0. The normalized spacial score (nSPS) is 15.6. The van der Waals surface area contributed by atoms with Gasteiger partial charge in [0.2, 0.25) is 0 Å². The Hall–Kier alpha value is -1.85. The van der Waals surface area contributed by atoms with E-state index >= 15 is 0 Å². The Kier molecular flexibility index (Phi) is 4.77. The van der Waals surface area contributed by atoms with Crippen LogP contribution in [0.4, 0.5) is 0 Å². The number of aromatic nitrogens is 1. The highest BCUT2D eigenvalue weighted by molar-refractivity contribution is 7.83. The SMILES string of the molecule is O=C(c1c(S)sc2ccncc12)N1CCC(Cc2ccccc2)CC1. The number of fused-ring (bicyclic) bond motifs is 1. The second-order valence-electron chi connectivity index (χ2n) is 6.58. The Morgan fingerprint density at radius 3 is 2.72 bits per heavy atom. The number of benzene rings is 1. The molecule has 1 fully saturated rings. The first-order chi connectivity index (χ1) is 12.2. The van der Waals surface area contributed by atoms with Gasteiger partial charge in [-0.05, 0) is 36.8 Å². The summed E-state index contributed by atoms with van der Waals surface area (Å²) < 4.78 is 1.86. The largest absolute Gasteiger partial charge is 0.339 e. The Morgan fingerprint density at radius 2 is 1.96 bits per heavy atom. The number of nitrogens with zero attached hydrogens (tertiary/aromatic N) is 2. The van der Waals surface area contributed by atoms with E-state index < -0.39 is 0 Å². The molecule has 0 spiro atoms. The predicted octanol–water partition coefficient (Wildman–Crippen LogP) is 4.68. The number of likely N-dealkylation sites (tertiary alicyclic amines) is 1. The monoisotopic (exact) mass is 368 g/mol. The van der Waals surface area contributed by atoms with Gasteiger partial charge >= 0.3 is 0 Å². The fraction of sp³-hybridized carbons (Fsp3) is 0.300. The van der Waals surface area contributed by atoms with E-state index in [4.69, 9.17) is 0 Å². The van der Waals surface area contributed by atoms with Gasteiger partial charge in [0.25, 0.3) is 5.91 Å². The lowest BCUT2D eigenvalue weighted by molar-refractivity contribution is 0.0690. The van der Waals surface area contributed by atoms with Gasteiger partial charge in [-0.1, -0.05) is 30.3 Å². The van der Waals surface area contributed by atoms with Crippen LogP contribution in [0.3, 0.4) is 0 Å². The summed E-state index contributed by atoms with van der Waals surface area (Å²) in [5.41, 5.74) is 2.11. The summed E-state index contributed by atoms with van der Waals surface area (Å²) in [5, 5.41) is 0.925. The van der Waals surface area contributed by atoms with Crippen LogP contribution < -0.4 is 0 Å². The number of thiol groups is 1. The van der Waals surface area contributed by atoms with Crippen LogP contribution in [0.2, 0.25) is 0 Å². The highest BCUT2D eigenvalue weighted by Gasteiger charge is 2.27. The van der Waals surface area contributed by atoms with Gasteiger partial charge in [-0.15, -0.1) is 24.0 Å². The summed E-state index contributed by atoms with van der Waals surface area (Å²) in [5.74, 6) is 0.755. The maximum Gasteiger partial charge on any atom is 0.256 e. The third-order valence-corrected chi connectivity index (χ3v) is 6.42. The summed E-state index contributed by atoms with van der Waals surface area (Å²) in [6, 6.07) is 12.6. The first kappa shape index (κ1) is 16.6. The Morgan fingerprint density at radius 1 is 1.20 bits per heavy atom. The van der Waals surface area contributed by atoms with E-state index in [9.17, 15) is 4.79 Å². The van der Waals surface area contributed by atoms with Crippen molar-refractivity contribution >= 4 is 40.0 Å². The minimum atomic E-state index is 0.0995. The predicted molar refractivity (Wildman–Crippen MR) is 106 cm³/mol. The number of hydrogen-bond donors (Lipinski definition) is 1. The zero-order valence-corrected chi connectivity index (χ0v) is 15.6. The molecule has 0 bridgehead atoms. The van der Waals surface area contributed by atoms with E-state index in [-0.39, 0.29) is 5.91 Å². The van der Waals surface area contributed by atoms with Crippen LogP contribution in [-0.2, 0) is 6.42 Å². The topological polar surface area (TPSA) is 33.2 Å². The lowest BCUT2D eigenvalue weighted by Crippen LogP contribution is -2.39. The molecular formula is C20H20N2OS2. The van der Waals surface area contributed by atoms with Crippen molar-refractivity contribution in [1.29, 1.82) is 0 Å². The van der Waals surface area contributed by atoms with Crippen LogP contribution >= 0.6 is 24.0 Å². The molecule has 0 N–H and O–H groups in total. The molecule has 25 heavy (non-hydrogen) atoms. The van der Waals surface area contributed by atoms with Crippen LogP contribution in [-0.4, -0.2) is 28.9 Å². The molecule has 128 valence electrons. The highest BCUT2D eigenvalue weighted by Crippen LogP contribution is 2.35. The molecule has 1 aliphatic rings. The molecule has 1 aromatic carbocycles. The van der Waals surface area contributed by atoms with Crippen molar-refractivity contribution in [3.05, 3.63) is 59.9 Å². The highest BCUT2D eigenvalue weighted by atomic mass is 32.2. The number of thiophene rings is 1. The van der Waals surface area contributed by atoms with Gasteiger partial charge in [0.15, 0.2) is 0 Å². The van der Waals surface area contributed by atoms with Crippen molar-refractivity contribution in [2.24, 2.45) is 5.92 Å². The molecule has 0 atom stereocenters. The van der Waals surface area contributed by atoms with Gasteiger partial charge in [0.05, 0.1) is 9.77 Å². The zero-order valence-electron chi connectivity index (χ0n) is 13.9. The molecule has 2 aromatic heterocycles. The average Bonchev–Trinajstić information content (AvgIpc) is 2.98. The molecule has 3 aromatic rings. The molecule has 0 unspecified atom stereocenters.